The summed E-state index contributed by atoms with van der Waals surface area (Å²) < 4.78 is 11.7. The maximum absolute atomic E-state index is 12.8. The van der Waals surface area contributed by atoms with Crippen LogP contribution in [0, 0.1) is 5.41 Å². The Morgan fingerprint density at radius 3 is 2.51 bits per heavy atom. The Labute approximate surface area is 226 Å². The third kappa shape index (κ3) is 4.30. The molecule has 6 rings (SSSR count). The predicted octanol–water partition coefficient (Wildman–Crippen LogP) is 2.93. The van der Waals surface area contributed by atoms with Crippen LogP contribution in [-0.2, 0) is 26.5 Å². The molecule has 2 aromatic carbocycles. The highest BCUT2D eigenvalue weighted by Gasteiger charge is 2.60. The number of piperidine rings is 1. The monoisotopic (exact) mass is 533 g/mol. The lowest BCUT2D eigenvalue weighted by molar-refractivity contribution is -0.255. The molecule has 0 amide bonds. The van der Waals surface area contributed by atoms with Gasteiger partial charge in [0.15, 0.2) is 0 Å². The van der Waals surface area contributed by atoms with Crippen LogP contribution in [0.25, 0.3) is 10.9 Å². The minimum Gasteiger partial charge on any atom is -0.545 e. The van der Waals surface area contributed by atoms with Crippen molar-refractivity contribution >= 4 is 28.8 Å². The minimum atomic E-state index is -1.63. The van der Waals surface area contributed by atoms with E-state index in [9.17, 15) is 24.6 Å². The van der Waals surface area contributed by atoms with Gasteiger partial charge < -0.3 is 29.0 Å². The van der Waals surface area contributed by atoms with Crippen LogP contribution in [0.5, 0.6) is 5.75 Å². The number of nitrogens with zero attached hydrogens (tertiary/aromatic N) is 2. The van der Waals surface area contributed by atoms with Crippen molar-refractivity contribution in [3.8, 4) is 5.75 Å². The fourth-order valence-corrected chi connectivity index (χ4v) is 6.98. The third-order valence-corrected chi connectivity index (χ3v) is 8.54. The molecule has 0 bridgehead atoms. The van der Waals surface area contributed by atoms with E-state index in [-0.39, 0.29) is 22.8 Å². The van der Waals surface area contributed by atoms with E-state index >= 15 is 0 Å². The molecule has 0 saturated carbocycles. The number of carboxylic acids is 1. The minimum absolute atomic E-state index is 0.00926. The van der Waals surface area contributed by atoms with Crippen molar-refractivity contribution < 1.29 is 34.1 Å². The lowest BCUT2D eigenvalue weighted by Crippen LogP contribution is -2.60. The number of benzene rings is 2. The summed E-state index contributed by atoms with van der Waals surface area (Å²) in [5, 5.41) is 23.4. The molecule has 0 aliphatic carbocycles. The van der Waals surface area contributed by atoms with Gasteiger partial charge >= 0.3 is 11.9 Å². The first-order valence-corrected chi connectivity index (χ1v) is 13.3. The SMILES string of the molecule is CC(=O)Oc1ccccc1C(=O)[O-].CC[C@]12CCCN3CCc4c(n(c5ccccc45)[C@@](O)(C(=O)OC)C1)[C@@H]32. The van der Waals surface area contributed by atoms with Crippen LogP contribution in [0.1, 0.15) is 67.2 Å². The van der Waals surface area contributed by atoms with Crippen LogP contribution in [0.4, 0.5) is 0 Å². The molecule has 0 unspecified atom stereocenters. The van der Waals surface area contributed by atoms with Crippen LogP contribution >= 0.6 is 0 Å². The fourth-order valence-electron chi connectivity index (χ4n) is 6.98. The summed E-state index contributed by atoms with van der Waals surface area (Å²) >= 11 is 0. The van der Waals surface area contributed by atoms with Crippen molar-refractivity contribution in [2.24, 2.45) is 5.41 Å². The molecule has 206 valence electrons. The number of hydrogen-bond acceptors (Lipinski definition) is 8. The zero-order valence-electron chi connectivity index (χ0n) is 22.4. The average molecular weight is 534 g/mol. The number of methoxy groups -OCH3 is 1. The average Bonchev–Trinajstić information content (AvgIpc) is 3.28. The Balaban J connectivity index is 0.000000201. The molecule has 3 aliphatic heterocycles. The van der Waals surface area contributed by atoms with Crippen LogP contribution < -0.4 is 9.84 Å². The molecule has 1 N–H and O–H groups in total. The second-order valence-electron chi connectivity index (χ2n) is 10.6. The summed E-state index contributed by atoms with van der Waals surface area (Å²) in [6.07, 6.45) is 4.52. The Morgan fingerprint density at radius 1 is 1.10 bits per heavy atom. The number of fused-ring (bicyclic) bond motifs is 3. The summed E-state index contributed by atoms with van der Waals surface area (Å²) in [4.78, 5) is 36.5. The van der Waals surface area contributed by atoms with Crippen molar-refractivity contribution in [2.45, 2.75) is 57.7 Å². The number of aliphatic hydroxyl groups is 1. The molecule has 1 aromatic heterocycles. The highest BCUT2D eigenvalue weighted by Crippen LogP contribution is 2.60. The van der Waals surface area contributed by atoms with Gasteiger partial charge in [-0.1, -0.05) is 37.3 Å². The van der Waals surface area contributed by atoms with E-state index in [0.29, 0.717) is 6.42 Å². The zero-order valence-corrected chi connectivity index (χ0v) is 22.4. The molecule has 39 heavy (non-hydrogen) atoms. The summed E-state index contributed by atoms with van der Waals surface area (Å²) in [6, 6.07) is 14.3. The van der Waals surface area contributed by atoms with Crippen LogP contribution in [0.2, 0.25) is 0 Å². The number of hydrogen-bond donors (Lipinski definition) is 1. The molecule has 0 radical (unpaired) electrons. The van der Waals surface area contributed by atoms with Crippen LogP contribution in [-0.4, -0.2) is 52.7 Å². The van der Waals surface area contributed by atoms with Crippen molar-refractivity contribution in [3.05, 3.63) is 65.4 Å². The first-order chi connectivity index (χ1) is 18.7. The third-order valence-electron chi connectivity index (χ3n) is 8.54. The summed E-state index contributed by atoms with van der Waals surface area (Å²) in [5.74, 6) is -2.46. The Hall–Kier alpha value is -3.69. The quantitative estimate of drug-likeness (QED) is 0.401. The van der Waals surface area contributed by atoms with Crippen molar-refractivity contribution in [2.75, 3.05) is 20.2 Å². The second-order valence-corrected chi connectivity index (χ2v) is 10.6. The lowest BCUT2D eigenvalue weighted by Gasteiger charge is -2.57. The van der Waals surface area contributed by atoms with E-state index in [4.69, 9.17) is 4.74 Å². The van der Waals surface area contributed by atoms with Gasteiger partial charge in [-0.2, -0.15) is 0 Å². The molecule has 3 atom stereocenters. The van der Waals surface area contributed by atoms with E-state index in [2.05, 4.69) is 22.6 Å². The summed E-state index contributed by atoms with van der Waals surface area (Å²) in [6.45, 7) is 5.56. The van der Waals surface area contributed by atoms with Gasteiger partial charge in [0.2, 0.25) is 5.72 Å². The van der Waals surface area contributed by atoms with Gasteiger partial charge in [0.05, 0.1) is 24.6 Å². The Bertz CT molecular complexity index is 1450. The number of carbonyl (C=O) groups excluding carboxylic acids is 3. The zero-order chi connectivity index (χ0) is 27.9. The largest absolute Gasteiger partial charge is 0.545 e. The van der Waals surface area contributed by atoms with Gasteiger partial charge in [-0.3, -0.25) is 9.69 Å². The van der Waals surface area contributed by atoms with Crippen LogP contribution in [0.3, 0.4) is 0 Å². The summed E-state index contributed by atoms with van der Waals surface area (Å²) in [5.41, 5.74) is 1.57. The van der Waals surface area contributed by atoms with Crippen molar-refractivity contribution in [1.29, 1.82) is 0 Å². The number of aromatic carboxylic acids is 1. The normalized spacial score (nSPS) is 25.2. The number of esters is 2. The van der Waals surface area contributed by atoms with Gasteiger partial charge in [-0.05, 0) is 61.4 Å². The van der Waals surface area contributed by atoms with Crippen molar-refractivity contribution in [3.63, 3.8) is 0 Å². The molecule has 1 saturated heterocycles. The second kappa shape index (κ2) is 10.1. The molecule has 9 heteroatoms. The maximum Gasteiger partial charge on any atom is 0.359 e. The first-order valence-electron chi connectivity index (χ1n) is 13.3. The maximum atomic E-state index is 12.8. The Kier molecular flexibility index (Phi) is 6.99. The van der Waals surface area contributed by atoms with Gasteiger partial charge in [-0.15, -0.1) is 0 Å². The van der Waals surface area contributed by atoms with E-state index in [1.54, 1.807) is 6.07 Å². The van der Waals surface area contributed by atoms with Gasteiger partial charge in [-0.25, -0.2) is 4.79 Å². The topological polar surface area (TPSA) is 121 Å². The van der Waals surface area contributed by atoms with Crippen LogP contribution in [0.15, 0.2) is 48.5 Å². The highest BCUT2D eigenvalue weighted by atomic mass is 16.5. The molecule has 1 fully saturated rings. The molecule has 3 aliphatic rings. The molecular formula is C30H33N2O7-. The van der Waals surface area contributed by atoms with E-state index < -0.39 is 23.6 Å². The van der Waals surface area contributed by atoms with Gasteiger partial charge in [0, 0.05) is 36.5 Å². The molecule has 0 spiro atoms. The standard InChI is InChI=1S/C21H26N2O3.C9H8O4/c1-3-20-10-6-11-22-12-9-15-14-7-4-5-8-16(14)23(17(15)18(20)22)21(25,13-20)19(24)26-2;1-6(10)13-8-5-3-2-4-7(8)9(11)12/h4-5,7-8,18,25H,3,6,9-13H2,1-2H3;2-5H,1H3,(H,11,12)/p-1/t18-,20+,21+;/m1./s1. The number of carboxylic acid groups (broad SMARTS) is 1. The number of ether oxygens (including phenoxy) is 2. The number of carbonyl (C=O) groups is 3. The Morgan fingerprint density at radius 2 is 1.82 bits per heavy atom. The molecule has 4 heterocycles. The molecular weight excluding hydrogens is 500 g/mol. The highest BCUT2D eigenvalue weighted by molar-refractivity contribution is 5.91. The summed E-state index contributed by atoms with van der Waals surface area (Å²) in [7, 11) is 1.37. The van der Waals surface area contributed by atoms with Gasteiger partial charge in [0.25, 0.3) is 0 Å². The van der Waals surface area contributed by atoms with Gasteiger partial charge in [0.1, 0.15) is 5.75 Å². The molecule has 3 aromatic rings. The number of aromatic nitrogens is 1. The fraction of sp³-hybridized carbons (Fsp3) is 0.433. The number of para-hydroxylation sites is 2. The van der Waals surface area contributed by atoms with E-state index in [0.717, 1.165) is 50.0 Å². The van der Waals surface area contributed by atoms with E-state index in [1.807, 2.05) is 22.8 Å². The predicted molar refractivity (Wildman–Crippen MR) is 141 cm³/mol. The smallest absolute Gasteiger partial charge is 0.359 e. The molecule has 9 nitrogen and oxygen atoms in total. The number of rotatable bonds is 4. The van der Waals surface area contributed by atoms with E-state index in [1.165, 1.54) is 43.2 Å². The first kappa shape index (κ1) is 26.9. The van der Waals surface area contributed by atoms with Crippen molar-refractivity contribution in [1.82, 2.24) is 9.47 Å². The lowest BCUT2D eigenvalue weighted by atomic mass is 9.62.